The summed E-state index contributed by atoms with van der Waals surface area (Å²) in [6.45, 7) is 0. The molecule has 2 atom stereocenters. The molecule has 28 heavy (non-hydrogen) atoms. The number of aliphatic hydroxyl groups excluding tert-OH is 1. The molecular weight excluding hydrogens is 376 g/mol. The largest absolute Gasteiger partial charge is 0.457 e. The summed E-state index contributed by atoms with van der Waals surface area (Å²) in [6.07, 6.45) is 5.23. The van der Waals surface area contributed by atoms with Gasteiger partial charge in [0.05, 0.1) is 22.4 Å². The van der Waals surface area contributed by atoms with Gasteiger partial charge < -0.3 is 20.5 Å². The molecule has 0 unspecified atom stereocenters. The van der Waals surface area contributed by atoms with E-state index < -0.39 is 0 Å². The first-order valence-corrected chi connectivity index (χ1v) is 10.2. The number of aliphatic hydroxyl groups is 1. The lowest BCUT2D eigenvalue weighted by atomic mass is 9.93. The van der Waals surface area contributed by atoms with Gasteiger partial charge >= 0.3 is 0 Å². The molecule has 0 saturated heterocycles. The summed E-state index contributed by atoms with van der Waals surface area (Å²) in [5.41, 5.74) is 1.18. The van der Waals surface area contributed by atoms with E-state index in [2.05, 4.69) is 20.6 Å². The third-order valence-corrected chi connectivity index (χ3v) is 5.77. The van der Waals surface area contributed by atoms with Crippen LogP contribution >= 0.6 is 11.3 Å². The van der Waals surface area contributed by atoms with Crippen molar-refractivity contribution >= 4 is 32.6 Å². The van der Waals surface area contributed by atoms with E-state index >= 15 is 0 Å². The van der Waals surface area contributed by atoms with Crippen LogP contribution in [0.3, 0.4) is 0 Å². The number of thiazole rings is 1. The zero-order chi connectivity index (χ0) is 19.5. The highest BCUT2D eigenvalue weighted by atomic mass is 32.1. The number of nitrogens with one attached hydrogen (secondary N) is 2. The normalized spacial score (nSPS) is 19.4. The van der Waals surface area contributed by atoms with Gasteiger partial charge in [-0.25, -0.2) is 4.98 Å². The first kappa shape index (κ1) is 18.6. The smallest absolute Gasteiger partial charge is 0.269 e. The molecule has 0 aliphatic heterocycles. The van der Waals surface area contributed by atoms with Crippen LogP contribution in [0.15, 0.2) is 36.5 Å². The van der Waals surface area contributed by atoms with Crippen LogP contribution < -0.4 is 15.4 Å². The fraction of sp³-hybridized carbons (Fsp3) is 0.350. The monoisotopic (exact) mass is 398 g/mol. The number of fused-ring (bicyclic) bond motifs is 1. The number of carbonyl (C=O) groups is 1. The molecule has 4 rings (SSSR count). The molecule has 2 heterocycles. The summed E-state index contributed by atoms with van der Waals surface area (Å²) in [5.74, 6) is 0.944. The Morgan fingerprint density at radius 3 is 2.86 bits per heavy atom. The van der Waals surface area contributed by atoms with Gasteiger partial charge in [0, 0.05) is 25.4 Å². The van der Waals surface area contributed by atoms with Crippen LogP contribution in [0.5, 0.6) is 11.5 Å². The highest BCUT2D eigenvalue weighted by Crippen LogP contribution is 2.32. The maximum atomic E-state index is 11.7. The molecule has 146 valence electrons. The molecule has 2 aromatic heterocycles. The van der Waals surface area contributed by atoms with Crippen LogP contribution in [-0.2, 0) is 0 Å². The Labute approximate surface area is 166 Å². The summed E-state index contributed by atoms with van der Waals surface area (Å²) in [6, 6.07) is 9.06. The van der Waals surface area contributed by atoms with Gasteiger partial charge in [0.25, 0.3) is 5.91 Å². The maximum absolute atomic E-state index is 11.7. The van der Waals surface area contributed by atoms with Crippen LogP contribution in [0.4, 0.5) is 5.13 Å². The third-order valence-electron chi connectivity index (χ3n) is 4.83. The Morgan fingerprint density at radius 2 is 2.04 bits per heavy atom. The van der Waals surface area contributed by atoms with Gasteiger partial charge in [-0.2, -0.15) is 0 Å². The van der Waals surface area contributed by atoms with Crippen molar-refractivity contribution in [2.45, 2.75) is 37.8 Å². The molecular formula is C20H22N4O3S. The Hall–Kier alpha value is -2.71. The number of carbonyl (C=O) groups excluding carboxylic acids is 1. The minimum Gasteiger partial charge on any atom is -0.457 e. The van der Waals surface area contributed by atoms with E-state index in [1.807, 2.05) is 18.2 Å². The third kappa shape index (κ3) is 4.07. The van der Waals surface area contributed by atoms with Gasteiger partial charge in [-0.15, -0.1) is 0 Å². The molecule has 1 aliphatic rings. The number of benzene rings is 1. The quantitative estimate of drug-likeness (QED) is 0.608. The van der Waals surface area contributed by atoms with Crippen molar-refractivity contribution in [3.8, 4) is 11.5 Å². The van der Waals surface area contributed by atoms with E-state index in [4.69, 9.17) is 4.74 Å². The molecule has 0 spiro atoms. The van der Waals surface area contributed by atoms with Crippen molar-refractivity contribution in [2.24, 2.45) is 0 Å². The van der Waals surface area contributed by atoms with Crippen LogP contribution in [0, 0.1) is 0 Å². The van der Waals surface area contributed by atoms with Crippen molar-refractivity contribution in [3.63, 3.8) is 0 Å². The van der Waals surface area contributed by atoms with Crippen LogP contribution in [0.1, 0.15) is 36.2 Å². The van der Waals surface area contributed by atoms with Gasteiger partial charge in [0.1, 0.15) is 17.2 Å². The minimum absolute atomic E-state index is 0.0602. The van der Waals surface area contributed by atoms with Crippen molar-refractivity contribution in [1.82, 2.24) is 15.3 Å². The average molecular weight is 398 g/mol. The van der Waals surface area contributed by atoms with Gasteiger partial charge in [0.2, 0.25) is 0 Å². The van der Waals surface area contributed by atoms with E-state index in [1.165, 1.54) is 11.3 Å². The van der Waals surface area contributed by atoms with Gasteiger partial charge in [-0.3, -0.25) is 9.78 Å². The lowest BCUT2D eigenvalue weighted by molar-refractivity contribution is 0.0957. The Morgan fingerprint density at radius 1 is 1.21 bits per heavy atom. The van der Waals surface area contributed by atoms with Gasteiger partial charge in [0.15, 0.2) is 5.13 Å². The number of hydrogen-bond donors (Lipinski definition) is 3. The molecule has 0 radical (unpaired) electrons. The van der Waals surface area contributed by atoms with Gasteiger partial charge in [-0.05, 0) is 31.0 Å². The predicted octanol–water partition coefficient (Wildman–Crippen LogP) is 3.56. The minimum atomic E-state index is -0.319. The lowest BCUT2D eigenvalue weighted by Gasteiger charge is -2.27. The zero-order valence-electron chi connectivity index (χ0n) is 15.5. The molecule has 1 fully saturated rings. The molecule has 3 N–H and O–H groups in total. The van der Waals surface area contributed by atoms with Crippen LogP contribution in [-0.4, -0.2) is 40.2 Å². The number of rotatable bonds is 5. The van der Waals surface area contributed by atoms with E-state index in [1.54, 1.807) is 25.4 Å². The second-order valence-electron chi connectivity index (χ2n) is 6.81. The van der Waals surface area contributed by atoms with Crippen LogP contribution in [0.2, 0.25) is 0 Å². The molecule has 1 aromatic carbocycles. The molecule has 0 bridgehead atoms. The molecule has 8 heteroatoms. The molecule has 1 aliphatic carbocycles. The highest BCUT2D eigenvalue weighted by molar-refractivity contribution is 7.22. The average Bonchev–Trinajstić information content (AvgIpc) is 3.11. The fourth-order valence-corrected chi connectivity index (χ4v) is 4.29. The molecule has 3 aromatic rings. The summed E-state index contributed by atoms with van der Waals surface area (Å²) in [4.78, 5) is 20.4. The van der Waals surface area contributed by atoms with E-state index in [0.717, 1.165) is 41.0 Å². The van der Waals surface area contributed by atoms with Gasteiger partial charge in [-0.1, -0.05) is 24.2 Å². The predicted molar refractivity (Wildman–Crippen MR) is 109 cm³/mol. The number of anilines is 1. The molecule has 1 saturated carbocycles. The lowest BCUT2D eigenvalue weighted by Crippen LogP contribution is -2.36. The standard InChI is InChI=1S/C20H22N4O3S/c1-21-19(26)16-10-13(8-9-22-16)27-12-6-7-15-18(11-12)28-20(24-15)23-14-4-2-3-5-17(14)25/h6-11,14,17,25H,2-5H2,1H3,(H,21,26)(H,23,24)/t14-,17-/m0/s1. The molecule has 7 nitrogen and oxygen atoms in total. The number of pyridine rings is 1. The van der Waals surface area contributed by atoms with Crippen LogP contribution in [0.25, 0.3) is 10.2 Å². The summed E-state index contributed by atoms with van der Waals surface area (Å²) in [5, 5.41) is 16.9. The number of nitrogens with zero attached hydrogens (tertiary/aromatic N) is 2. The zero-order valence-corrected chi connectivity index (χ0v) is 16.3. The van der Waals surface area contributed by atoms with Crippen molar-refractivity contribution < 1.29 is 14.6 Å². The summed E-state index contributed by atoms with van der Waals surface area (Å²) in [7, 11) is 1.56. The van der Waals surface area contributed by atoms with Crippen molar-refractivity contribution in [2.75, 3.05) is 12.4 Å². The first-order valence-electron chi connectivity index (χ1n) is 9.33. The Kier molecular flexibility index (Phi) is 5.40. The maximum Gasteiger partial charge on any atom is 0.269 e. The topological polar surface area (TPSA) is 96.4 Å². The second kappa shape index (κ2) is 8.12. The van der Waals surface area contributed by atoms with Crippen molar-refractivity contribution in [1.29, 1.82) is 0 Å². The highest BCUT2D eigenvalue weighted by Gasteiger charge is 2.23. The van der Waals surface area contributed by atoms with Crippen molar-refractivity contribution in [3.05, 3.63) is 42.2 Å². The Balaban J connectivity index is 1.51. The Bertz CT molecular complexity index is 990. The fourth-order valence-electron chi connectivity index (χ4n) is 3.33. The number of aromatic nitrogens is 2. The van der Waals surface area contributed by atoms with E-state index in [0.29, 0.717) is 17.2 Å². The number of ether oxygens (including phenoxy) is 1. The summed E-state index contributed by atoms with van der Waals surface area (Å²) < 4.78 is 6.89. The summed E-state index contributed by atoms with van der Waals surface area (Å²) >= 11 is 1.54. The number of hydrogen-bond acceptors (Lipinski definition) is 7. The first-order chi connectivity index (χ1) is 13.6. The second-order valence-corrected chi connectivity index (χ2v) is 7.84. The molecule has 1 amide bonds. The van der Waals surface area contributed by atoms with E-state index in [9.17, 15) is 9.90 Å². The van der Waals surface area contributed by atoms with E-state index in [-0.39, 0.29) is 18.1 Å². The number of amides is 1. The SMILES string of the molecule is CNC(=O)c1cc(Oc2ccc3nc(N[C@H]4CCCC[C@@H]4O)sc3c2)ccn1.